The third-order valence-corrected chi connectivity index (χ3v) is 5.19. The summed E-state index contributed by atoms with van der Waals surface area (Å²) in [5.41, 5.74) is 5.89. The zero-order valence-corrected chi connectivity index (χ0v) is 15.3. The fourth-order valence-electron chi connectivity index (χ4n) is 1.77. The number of nitrogens with two attached hydrogens (primary N) is 1. The van der Waals surface area contributed by atoms with E-state index in [0.717, 1.165) is 29.5 Å². The molecule has 0 unspecified atom stereocenters. The van der Waals surface area contributed by atoms with Gasteiger partial charge in [0.25, 0.3) is 0 Å². The molecule has 3 N–H and O–H groups in total. The summed E-state index contributed by atoms with van der Waals surface area (Å²) in [4.78, 5) is 13.1. The minimum absolute atomic E-state index is 0. The van der Waals surface area contributed by atoms with E-state index in [-0.39, 0.29) is 23.9 Å². The molecule has 116 valence electrons. The molecule has 0 atom stereocenters. The Morgan fingerprint density at radius 1 is 1.40 bits per heavy atom. The van der Waals surface area contributed by atoms with E-state index in [2.05, 4.69) is 41.2 Å². The molecular weight excluding hydrogens is 360 g/mol. The zero-order chi connectivity index (χ0) is 14.3. The molecule has 1 aromatic heterocycles. The third kappa shape index (κ3) is 7.07. The molecule has 20 heavy (non-hydrogen) atoms. The second-order valence-corrected chi connectivity index (χ2v) is 7.45. The van der Waals surface area contributed by atoms with Crippen LogP contribution >= 0.6 is 39.7 Å². The summed E-state index contributed by atoms with van der Waals surface area (Å²) in [7, 11) is 0. The minimum Gasteiger partial charge on any atom is -0.354 e. The zero-order valence-electron chi connectivity index (χ0n) is 12.1. The molecule has 0 fully saturated rings. The summed E-state index contributed by atoms with van der Waals surface area (Å²) in [5.74, 6) is 0.104. The highest BCUT2D eigenvalue weighted by molar-refractivity contribution is 9.11. The van der Waals surface area contributed by atoms with E-state index in [1.54, 1.807) is 11.3 Å². The highest BCUT2D eigenvalue weighted by Crippen LogP contribution is 2.23. The van der Waals surface area contributed by atoms with Gasteiger partial charge in [0.15, 0.2) is 0 Å². The molecule has 0 bridgehead atoms. The number of thiophene rings is 1. The first kappa shape index (κ1) is 19.9. The van der Waals surface area contributed by atoms with Crippen molar-refractivity contribution in [2.45, 2.75) is 51.5 Å². The van der Waals surface area contributed by atoms with Crippen LogP contribution in [0.5, 0.6) is 0 Å². The number of halogens is 2. The molecule has 0 aliphatic carbocycles. The Balaban J connectivity index is 0.00000361. The monoisotopic (exact) mass is 382 g/mol. The van der Waals surface area contributed by atoms with Crippen molar-refractivity contribution >= 4 is 45.6 Å². The molecule has 0 aliphatic heterocycles. The SMILES string of the molecule is CCC(N)(CC)CNC(=O)CCCc1ccc(Br)s1.Cl. The average Bonchev–Trinajstić information content (AvgIpc) is 2.82. The normalized spacial score (nSPS) is 11.0. The van der Waals surface area contributed by atoms with Gasteiger partial charge in [-0.05, 0) is 53.7 Å². The largest absolute Gasteiger partial charge is 0.354 e. The van der Waals surface area contributed by atoms with E-state index < -0.39 is 0 Å². The predicted octanol–water partition coefficient (Wildman–Crippen LogP) is 3.89. The molecule has 1 aromatic rings. The van der Waals surface area contributed by atoms with Crippen molar-refractivity contribution in [3.8, 4) is 0 Å². The second-order valence-electron chi connectivity index (χ2n) is 4.91. The molecule has 1 rings (SSSR count). The maximum atomic E-state index is 11.7. The lowest BCUT2D eigenvalue weighted by atomic mass is 9.94. The van der Waals surface area contributed by atoms with Crippen molar-refractivity contribution in [1.82, 2.24) is 5.32 Å². The van der Waals surface area contributed by atoms with E-state index in [1.165, 1.54) is 4.88 Å². The first-order valence-corrected chi connectivity index (χ1v) is 8.40. The Hall–Kier alpha value is -0.100. The fraction of sp³-hybridized carbons (Fsp3) is 0.643. The highest BCUT2D eigenvalue weighted by atomic mass is 79.9. The van der Waals surface area contributed by atoms with Crippen molar-refractivity contribution < 1.29 is 4.79 Å². The molecule has 1 heterocycles. The summed E-state index contributed by atoms with van der Waals surface area (Å²) in [6.45, 7) is 4.69. The van der Waals surface area contributed by atoms with Gasteiger partial charge in [0, 0.05) is 23.4 Å². The van der Waals surface area contributed by atoms with Gasteiger partial charge in [0.05, 0.1) is 3.79 Å². The van der Waals surface area contributed by atoms with Gasteiger partial charge in [-0.15, -0.1) is 23.7 Å². The van der Waals surface area contributed by atoms with Gasteiger partial charge >= 0.3 is 0 Å². The number of rotatable bonds is 8. The van der Waals surface area contributed by atoms with Crippen LogP contribution in [0.1, 0.15) is 44.4 Å². The third-order valence-electron chi connectivity index (χ3n) is 3.50. The van der Waals surface area contributed by atoms with Gasteiger partial charge in [-0.2, -0.15) is 0 Å². The van der Waals surface area contributed by atoms with E-state index in [0.29, 0.717) is 13.0 Å². The van der Waals surface area contributed by atoms with Crippen LogP contribution in [-0.2, 0) is 11.2 Å². The summed E-state index contributed by atoms with van der Waals surface area (Å²) in [6.07, 6.45) is 4.17. The van der Waals surface area contributed by atoms with Crippen molar-refractivity contribution in [1.29, 1.82) is 0 Å². The fourth-order valence-corrected chi connectivity index (χ4v) is 3.30. The molecule has 0 radical (unpaired) electrons. The Morgan fingerprint density at radius 2 is 2.05 bits per heavy atom. The van der Waals surface area contributed by atoms with Crippen LogP contribution in [0, 0.1) is 0 Å². The van der Waals surface area contributed by atoms with Crippen molar-refractivity contribution in [3.63, 3.8) is 0 Å². The average molecular weight is 384 g/mol. The van der Waals surface area contributed by atoms with E-state index in [4.69, 9.17) is 5.73 Å². The quantitative estimate of drug-likeness (QED) is 0.715. The number of carbonyl (C=O) groups excluding carboxylic acids is 1. The maximum absolute atomic E-state index is 11.7. The standard InChI is InChI=1S/C14H23BrN2OS.ClH/c1-3-14(16,4-2)10-17-13(18)7-5-6-11-8-9-12(15)19-11;/h8-9H,3-7,10,16H2,1-2H3,(H,17,18);1H. The van der Waals surface area contributed by atoms with Crippen molar-refractivity contribution in [2.24, 2.45) is 5.73 Å². The molecule has 0 aliphatic rings. The number of hydrogen-bond donors (Lipinski definition) is 2. The number of aryl methyl sites for hydroxylation is 1. The number of carbonyl (C=O) groups is 1. The van der Waals surface area contributed by atoms with Gasteiger partial charge < -0.3 is 11.1 Å². The van der Waals surface area contributed by atoms with E-state index in [9.17, 15) is 4.79 Å². The smallest absolute Gasteiger partial charge is 0.220 e. The Labute approximate surface area is 140 Å². The number of amides is 1. The Kier molecular flexibility index (Phi) is 9.72. The van der Waals surface area contributed by atoms with Gasteiger partial charge in [0.1, 0.15) is 0 Å². The second kappa shape index (κ2) is 9.77. The first-order chi connectivity index (χ1) is 8.99. The van der Waals surface area contributed by atoms with Crippen LogP contribution in [-0.4, -0.2) is 18.0 Å². The van der Waals surface area contributed by atoms with Crippen LogP contribution in [0.3, 0.4) is 0 Å². The maximum Gasteiger partial charge on any atom is 0.220 e. The van der Waals surface area contributed by atoms with Gasteiger partial charge in [0.2, 0.25) is 5.91 Å². The van der Waals surface area contributed by atoms with E-state index in [1.807, 2.05) is 6.07 Å². The van der Waals surface area contributed by atoms with Gasteiger partial charge in [-0.3, -0.25) is 4.79 Å². The molecule has 0 saturated heterocycles. The molecule has 0 saturated carbocycles. The lowest BCUT2D eigenvalue weighted by Crippen LogP contribution is -2.49. The summed E-state index contributed by atoms with van der Waals surface area (Å²) >= 11 is 5.17. The summed E-state index contributed by atoms with van der Waals surface area (Å²) in [6, 6.07) is 4.15. The van der Waals surface area contributed by atoms with Crippen LogP contribution in [0.4, 0.5) is 0 Å². The molecule has 1 amide bonds. The van der Waals surface area contributed by atoms with Gasteiger partial charge in [-0.1, -0.05) is 13.8 Å². The molecular formula is C14H24BrClN2OS. The topological polar surface area (TPSA) is 55.1 Å². The van der Waals surface area contributed by atoms with Crippen molar-refractivity contribution in [3.05, 3.63) is 20.8 Å². The molecule has 6 heteroatoms. The first-order valence-electron chi connectivity index (χ1n) is 6.79. The highest BCUT2D eigenvalue weighted by Gasteiger charge is 2.20. The predicted molar refractivity (Wildman–Crippen MR) is 92.7 cm³/mol. The number of hydrogen-bond acceptors (Lipinski definition) is 3. The lowest BCUT2D eigenvalue weighted by molar-refractivity contribution is -0.121. The van der Waals surface area contributed by atoms with E-state index >= 15 is 0 Å². The Bertz CT molecular complexity index is 408. The summed E-state index contributed by atoms with van der Waals surface area (Å²) < 4.78 is 1.14. The Morgan fingerprint density at radius 3 is 2.55 bits per heavy atom. The van der Waals surface area contributed by atoms with Crippen molar-refractivity contribution in [2.75, 3.05) is 6.54 Å². The molecule has 3 nitrogen and oxygen atoms in total. The van der Waals surface area contributed by atoms with Gasteiger partial charge in [-0.25, -0.2) is 0 Å². The molecule has 0 aromatic carbocycles. The van der Waals surface area contributed by atoms with Crippen LogP contribution in [0.15, 0.2) is 15.9 Å². The number of nitrogens with one attached hydrogen (secondary N) is 1. The van der Waals surface area contributed by atoms with Crippen LogP contribution in [0.2, 0.25) is 0 Å². The van der Waals surface area contributed by atoms with Crippen LogP contribution in [0.25, 0.3) is 0 Å². The minimum atomic E-state index is -0.256. The van der Waals surface area contributed by atoms with Crippen LogP contribution < -0.4 is 11.1 Å². The molecule has 0 spiro atoms. The summed E-state index contributed by atoms with van der Waals surface area (Å²) in [5, 5.41) is 2.95. The lowest BCUT2D eigenvalue weighted by Gasteiger charge is -2.26.